The van der Waals surface area contributed by atoms with Crippen molar-refractivity contribution >= 4 is 5.97 Å². The molecule has 0 unspecified atom stereocenters. The fourth-order valence-corrected chi connectivity index (χ4v) is 1.89. The Kier molecular flexibility index (Phi) is 3.10. The van der Waals surface area contributed by atoms with E-state index in [0.717, 1.165) is 0 Å². The van der Waals surface area contributed by atoms with E-state index in [2.05, 4.69) is 4.98 Å². The summed E-state index contributed by atoms with van der Waals surface area (Å²) in [6.07, 6.45) is 0. The molecule has 2 rings (SSSR count). The lowest BCUT2D eigenvalue weighted by atomic mass is 10.0. The molecule has 0 aliphatic heterocycles. The summed E-state index contributed by atoms with van der Waals surface area (Å²) in [5.41, 5.74) is 2.54. The van der Waals surface area contributed by atoms with Gasteiger partial charge < -0.3 is 5.11 Å². The lowest BCUT2D eigenvalue weighted by Gasteiger charge is -2.09. The van der Waals surface area contributed by atoms with Crippen molar-refractivity contribution in [1.29, 1.82) is 0 Å². The lowest BCUT2D eigenvalue weighted by molar-refractivity contribution is 0.0695. The van der Waals surface area contributed by atoms with E-state index in [9.17, 15) is 9.18 Å². The molecule has 3 nitrogen and oxygen atoms in total. The molecule has 92 valence electrons. The Morgan fingerprint density at radius 2 is 1.94 bits per heavy atom. The zero-order valence-corrected chi connectivity index (χ0v) is 10.1. The number of aryl methyl sites for hydroxylation is 2. The van der Waals surface area contributed by atoms with E-state index < -0.39 is 5.97 Å². The Labute approximate surface area is 104 Å². The van der Waals surface area contributed by atoms with E-state index >= 15 is 0 Å². The number of hydrogen-bond acceptors (Lipinski definition) is 2. The number of halogens is 1. The molecule has 1 N–H and O–H groups in total. The molecule has 0 fully saturated rings. The Morgan fingerprint density at radius 1 is 1.22 bits per heavy atom. The summed E-state index contributed by atoms with van der Waals surface area (Å²) in [4.78, 5) is 15.3. The molecular formula is C14H12FNO2. The molecule has 0 bridgehead atoms. The van der Waals surface area contributed by atoms with Crippen molar-refractivity contribution in [3.8, 4) is 11.1 Å². The molecular weight excluding hydrogens is 233 g/mol. The first-order chi connectivity index (χ1) is 8.49. The molecule has 18 heavy (non-hydrogen) atoms. The summed E-state index contributed by atoms with van der Waals surface area (Å²) >= 11 is 0. The molecule has 0 aliphatic carbocycles. The van der Waals surface area contributed by atoms with Crippen LogP contribution in [0.3, 0.4) is 0 Å². The predicted octanol–water partition coefficient (Wildman–Crippen LogP) is 3.20. The largest absolute Gasteiger partial charge is 0.478 e. The summed E-state index contributed by atoms with van der Waals surface area (Å²) in [5, 5.41) is 9.07. The Morgan fingerprint density at radius 3 is 2.56 bits per heavy atom. The van der Waals surface area contributed by atoms with Gasteiger partial charge in [-0.3, -0.25) is 4.98 Å². The van der Waals surface area contributed by atoms with Crippen LogP contribution >= 0.6 is 0 Å². The second kappa shape index (κ2) is 4.56. The van der Waals surface area contributed by atoms with Crippen molar-refractivity contribution in [2.45, 2.75) is 13.8 Å². The molecule has 0 atom stereocenters. The van der Waals surface area contributed by atoms with Gasteiger partial charge in [-0.1, -0.05) is 12.1 Å². The van der Waals surface area contributed by atoms with Gasteiger partial charge in [0.05, 0.1) is 11.3 Å². The number of nitrogens with zero attached hydrogens (tertiary/aromatic N) is 1. The van der Waals surface area contributed by atoms with Gasteiger partial charge in [0.2, 0.25) is 0 Å². The molecule has 1 aromatic heterocycles. The molecule has 1 aromatic carbocycles. The third-order valence-corrected chi connectivity index (χ3v) is 2.77. The SMILES string of the molecule is Cc1nc(C)c(-c2cccc(F)c2)cc1C(=O)O. The van der Waals surface area contributed by atoms with E-state index in [1.807, 2.05) is 0 Å². The van der Waals surface area contributed by atoms with E-state index in [-0.39, 0.29) is 11.4 Å². The van der Waals surface area contributed by atoms with Gasteiger partial charge >= 0.3 is 5.97 Å². The third kappa shape index (κ3) is 2.22. The lowest BCUT2D eigenvalue weighted by Crippen LogP contribution is -2.04. The maximum Gasteiger partial charge on any atom is 0.337 e. The molecule has 0 spiro atoms. The van der Waals surface area contributed by atoms with Crippen LogP contribution in [0, 0.1) is 19.7 Å². The van der Waals surface area contributed by atoms with Crippen molar-refractivity contribution in [1.82, 2.24) is 4.98 Å². The first-order valence-corrected chi connectivity index (χ1v) is 5.46. The fourth-order valence-electron chi connectivity index (χ4n) is 1.89. The van der Waals surface area contributed by atoms with Crippen molar-refractivity contribution in [2.75, 3.05) is 0 Å². The van der Waals surface area contributed by atoms with Gasteiger partial charge in [-0.15, -0.1) is 0 Å². The van der Waals surface area contributed by atoms with Crippen LogP contribution in [0.2, 0.25) is 0 Å². The Hall–Kier alpha value is -2.23. The van der Waals surface area contributed by atoms with E-state index in [1.54, 1.807) is 26.0 Å². The predicted molar refractivity (Wildman–Crippen MR) is 66.1 cm³/mol. The molecule has 4 heteroatoms. The molecule has 0 aliphatic rings. The second-order valence-corrected chi connectivity index (χ2v) is 4.07. The maximum atomic E-state index is 13.2. The van der Waals surface area contributed by atoms with Gasteiger partial charge in [0, 0.05) is 11.3 Å². The monoisotopic (exact) mass is 245 g/mol. The highest BCUT2D eigenvalue weighted by Gasteiger charge is 2.13. The number of carboxylic acids is 1. The molecule has 1 heterocycles. The number of hydrogen-bond donors (Lipinski definition) is 1. The van der Waals surface area contributed by atoms with Gasteiger partial charge in [-0.25, -0.2) is 9.18 Å². The minimum Gasteiger partial charge on any atom is -0.478 e. The van der Waals surface area contributed by atoms with E-state index in [4.69, 9.17) is 5.11 Å². The topological polar surface area (TPSA) is 50.2 Å². The van der Waals surface area contributed by atoms with E-state index in [0.29, 0.717) is 22.5 Å². The average molecular weight is 245 g/mol. The quantitative estimate of drug-likeness (QED) is 0.883. The first-order valence-electron chi connectivity index (χ1n) is 5.46. The highest BCUT2D eigenvalue weighted by molar-refractivity contribution is 5.90. The van der Waals surface area contributed by atoms with Crippen LogP contribution in [0.25, 0.3) is 11.1 Å². The number of carboxylic acid groups (broad SMARTS) is 1. The van der Waals surface area contributed by atoms with Crippen molar-refractivity contribution in [3.05, 3.63) is 53.1 Å². The van der Waals surface area contributed by atoms with Crippen LogP contribution in [0.5, 0.6) is 0 Å². The zero-order chi connectivity index (χ0) is 13.3. The standard InChI is InChI=1S/C14H12FNO2/c1-8-12(10-4-3-5-11(15)6-10)7-13(14(17)18)9(2)16-8/h3-7H,1-2H3,(H,17,18). The van der Waals surface area contributed by atoms with Crippen LogP contribution in [0.15, 0.2) is 30.3 Å². The van der Waals surface area contributed by atoms with Gasteiger partial charge in [-0.2, -0.15) is 0 Å². The molecule has 0 saturated carbocycles. The fraction of sp³-hybridized carbons (Fsp3) is 0.143. The number of rotatable bonds is 2. The summed E-state index contributed by atoms with van der Waals surface area (Å²) < 4.78 is 13.2. The molecule has 0 radical (unpaired) electrons. The number of benzene rings is 1. The average Bonchev–Trinajstić information content (AvgIpc) is 2.28. The highest BCUT2D eigenvalue weighted by Crippen LogP contribution is 2.25. The van der Waals surface area contributed by atoms with Gasteiger partial charge in [-0.05, 0) is 37.6 Å². The first kappa shape index (κ1) is 12.2. The number of carbonyl (C=O) groups is 1. The van der Waals surface area contributed by atoms with Crippen LogP contribution < -0.4 is 0 Å². The summed E-state index contributed by atoms with van der Waals surface area (Å²) in [6, 6.07) is 7.57. The minimum absolute atomic E-state index is 0.139. The second-order valence-electron chi connectivity index (χ2n) is 4.07. The van der Waals surface area contributed by atoms with Crippen LogP contribution in [-0.4, -0.2) is 16.1 Å². The number of pyridine rings is 1. The summed E-state index contributed by atoms with van der Waals surface area (Å²) in [7, 11) is 0. The maximum absolute atomic E-state index is 13.2. The zero-order valence-electron chi connectivity index (χ0n) is 10.1. The van der Waals surface area contributed by atoms with Crippen molar-refractivity contribution in [3.63, 3.8) is 0 Å². The van der Waals surface area contributed by atoms with E-state index in [1.165, 1.54) is 18.2 Å². The Balaban J connectivity index is 2.64. The Bertz CT molecular complexity index is 623. The van der Waals surface area contributed by atoms with Crippen LogP contribution in [0.4, 0.5) is 4.39 Å². The summed E-state index contributed by atoms with van der Waals surface area (Å²) in [6.45, 7) is 3.42. The van der Waals surface area contributed by atoms with Crippen molar-refractivity contribution < 1.29 is 14.3 Å². The smallest absolute Gasteiger partial charge is 0.337 e. The normalized spacial score (nSPS) is 10.4. The number of aromatic carboxylic acids is 1. The van der Waals surface area contributed by atoms with Gasteiger partial charge in [0.25, 0.3) is 0 Å². The molecule has 0 amide bonds. The molecule has 2 aromatic rings. The van der Waals surface area contributed by atoms with Crippen LogP contribution in [-0.2, 0) is 0 Å². The molecule has 0 saturated heterocycles. The van der Waals surface area contributed by atoms with Gasteiger partial charge in [0.15, 0.2) is 0 Å². The van der Waals surface area contributed by atoms with Crippen LogP contribution in [0.1, 0.15) is 21.7 Å². The third-order valence-electron chi connectivity index (χ3n) is 2.77. The van der Waals surface area contributed by atoms with Crippen molar-refractivity contribution in [2.24, 2.45) is 0 Å². The highest BCUT2D eigenvalue weighted by atomic mass is 19.1. The van der Waals surface area contributed by atoms with Gasteiger partial charge in [0.1, 0.15) is 5.82 Å². The minimum atomic E-state index is -1.03. The summed E-state index contributed by atoms with van der Waals surface area (Å²) in [5.74, 6) is -1.39. The number of aromatic nitrogens is 1.